The first-order valence-electron chi connectivity index (χ1n) is 10.8. The van der Waals surface area contributed by atoms with Gasteiger partial charge in [-0.3, -0.25) is 14.4 Å². The molecule has 0 saturated carbocycles. The molecular formula is C24H26F3N3O4. The van der Waals surface area contributed by atoms with Gasteiger partial charge in [0, 0.05) is 30.9 Å². The first-order chi connectivity index (χ1) is 16.0. The van der Waals surface area contributed by atoms with Crippen LogP contribution < -0.4 is 20.3 Å². The molecule has 0 spiro atoms. The molecule has 182 valence electrons. The molecule has 1 fully saturated rings. The Hall–Kier alpha value is -3.56. The van der Waals surface area contributed by atoms with Crippen LogP contribution in [0.25, 0.3) is 0 Å². The second-order valence-electron chi connectivity index (χ2n) is 8.45. The average Bonchev–Trinajstić information content (AvgIpc) is 3.17. The highest BCUT2D eigenvalue weighted by atomic mass is 19.4. The number of hydrogen-bond acceptors (Lipinski definition) is 4. The van der Waals surface area contributed by atoms with Crippen LogP contribution in [-0.2, 0) is 20.6 Å². The van der Waals surface area contributed by atoms with Crippen molar-refractivity contribution in [3.05, 3.63) is 54.1 Å². The van der Waals surface area contributed by atoms with Gasteiger partial charge in [-0.25, -0.2) is 0 Å². The number of nitrogens with one attached hydrogen (secondary N) is 2. The first kappa shape index (κ1) is 25.1. The summed E-state index contributed by atoms with van der Waals surface area (Å²) < 4.78 is 43.8. The number of nitrogens with zero attached hydrogens (tertiary/aromatic N) is 1. The number of benzene rings is 2. The number of ether oxygens (including phenoxy) is 1. The predicted octanol–water partition coefficient (Wildman–Crippen LogP) is 3.85. The number of halogens is 3. The fourth-order valence-corrected chi connectivity index (χ4v) is 3.42. The summed E-state index contributed by atoms with van der Waals surface area (Å²) in [5.74, 6) is -0.664. The number of rotatable bonds is 8. The lowest BCUT2D eigenvalue weighted by atomic mass is 10.1. The summed E-state index contributed by atoms with van der Waals surface area (Å²) in [5, 5.41) is 5.21. The molecule has 0 unspecified atom stereocenters. The van der Waals surface area contributed by atoms with Crippen molar-refractivity contribution >= 4 is 29.1 Å². The monoisotopic (exact) mass is 477 g/mol. The van der Waals surface area contributed by atoms with Crippen molar-refractivity contribution < 1.29 is 32.3 Å². The average molecular weight is 477 g/mol. The van der Waals surface area contributed by atoms with E-state index >= 15 is 0 Å². The number of hydrogen-bond donors (Lipinski definition) is 2. The molecule has 2 N–H and O–H groups in total. The Bertz CT molecular complexity index is 1040. The van der Waals surface area contributed by atoms with Gasteiger partial charge in [0.05, 0.1) is 11.5 Å². The van der Waals surface area contributed by atoms with Crippen LogP contribution >= 0.6 is 0 Å². The van der Waals surface area contributed by atoms with Crippen LogP contribution in [0, 0.1) is 11.8 Å². The summed E-state index contributed by atoms with van der Waals surface area (Å²) >= 11 is 0. The van der Waals surface area contributed by atoms with Crippen LogP contribution in [0.3, 0.4) is 0 Å². The third-order valence-electron chi connectivity index (χ3n) is 5.17. The summed E-state index contributed by atoms with van der Waals surface area (Å²) in [7, 11) is 0. The van der Waals surface area contributed by atoms with E-state index < -0.39 is 30.2 Å². The van der Waals surface area contributed by atoms with E-state index in [1.54, 1.807) is 24.3 Å². The zero-order valence-corrected chi connectivity index (χ0v) is 18.8. The molecule has 1 aliphatic rings. The largest absolute Gasteiger partial charge is 0.484 e. The zero-order chi connectivity index (χ0) is 24.9. The minimum atomic E-state index is -4.51. The Kier molecular flexibility index (Phi) is 7.80. The van der Waals surface area contributed by atoms with E-state index in [2.05, 4.69) is 10.6 Å². The van der Waals surface area contributed by atoms with Gasteiger partial charge in [-0.2, -0.15) is 13.2 Å². The maximum atomic E-state index is 12.8. The molecule has 0 radical (unpaired) electrons. The van der Waals surface area contributed by atoms with Crippen LogP contribution in [0.1, 0.15) is 25.8 Å². The van der Waals surface area contributed by atoms with E-state index in [4.69, 9.17) is 4.74 Å². The SMILES string of the molecule is CC(C)CNC(=O)[C@H]1CC(=O)N(c2ccc(OCC(=O)Nc3cccc(C(F)(F)F)c3)cc2)C1. The van der Waals surface area contributed by atoms with Gasteiger partial charge in [-0.05, 0) is 48.4 Å². The summed E-state index contributed by atoms with van der Waals surface area (Å²) in [6, 6.07) is 10.8. The van der Waals surface area contributed by atoms with Gasteiger partial charge in [-0.15, -0.1) is 0 Å². The first-order valence-corrected chi connectivity index (χ1v) is 10.8. The van der Waals surface area contributed by atoms with Crippen LogP contribution in [-0.4, -0.2) is 37.4 Å². The Morgan fingerprint density at radius 1 is 1.15 bits per heavy atom. The van der Waals surface area contributed by atoms with Crippen LogP contribution in [0.4, 0.5) is 24.5 Å². The molecule has 2 aromatic rings. The van der Waals surface area contributed by atoms with Crippen LogP contribution in [0.5, 0.6) is 5.75 Å². The fraction of sp³-hybridized carbons (Fsp3) is 0.375. The minimum absolute atomic E-state index is 0.0123. The Labute approximate surface area is 195 Å². The predicted molar refractivity (Wildman–Crippen MR) is 120 cm³/mol. The maximum absolute atomic E-state index is 12.8. The molecule has 1 atom stereocenters. The molecule has 0 bridgehead atoms. The van der Waals surface area contributed by atoms with Crippen LogP contribution in [0.2, 0.25) is 0 Å². The molecule has 0 aliphatic carbocycles. The van der Waals surface area contributed by atoms with Crippen molar-refractivity contribution in [1.29, 1.82) is 0 Å². The zero-order valence-electron chi connectivity index (χ0n) is 18.8. The van der Waals surface area contributed by atoms with Gasteiger partial charge >= 0.3 is 6.18 Å². The van der Waals surface area contributed by atoms with E-state index in [9.17, 15) is 27.6 Å². The highest BCUT2D eigenvalue weighted by Crippen LogP contribution is 2.31. The Balaban J connectivity index is 1.52. The molecule has 3 rings (SSSR count). The van der Waals surface area contributed by atoms with Gasteiger partial charge in [0.1, 0.15) is 5.75 Å². The van der Waals surface area contributed by atoms with E-state index in [0.717, 1.165) is 12.1 Å². The third kappa shape index (κ3) is 6.72. The molecule has 1 aliphatic heterocycles. The summed E-state index contributed by atoms with van der Waals surface area (Å²) in [4.78, 5) is 38.2. The van der Waals surface area contributed by atoms with E-state index in [-0.39, 0.29) is 30.5 Å². The molecule has 1 heterocycles. The Morgan fingerprint density at radius 2 is 1.85 bits per heavy atom. The maximum Gasteiger partial charge on any atom is 0.416 e. The van der Waals surface area contributed by atoms with E-state index in [1.807, 2.05) is 13.8 Å². The summed E-state index contributed by atoms with van der Waals surface area (Å²) in [6.45, 7) is 4.41. The molecule has 1 saturated heterocycles. The lowest BCUT2D eigenvalue weighted by molar-refractivity contribution is -0.137. The molecule has 0 aromatic heterocycles. The fourth-order valence-electron chi connectivity index (χ4n) is 3.42. The second-order valence-corrected chi connectivity index (χ2v) is 8.45. The lowest BCUT2D eigenvalue weighted by Gasteiger charge is -2.17. The topological polar surface area (TPSA) is 87.7 Å². The highest BCUT2D eigenvalue weighted by molar-refractivity contribution is 6.00. The minimum Gasteiger partial charge on any atom is -0.484 e. The number of carbonyl (C=O) groups excluding carboxylic acids is 3. The van der Waals surface area contributed by atoms with Crippen molar-refractivity contribution in [2.45, 2.75) is 26.4 Å². The number of anilines is 2. The molecule has 34 heavy (non-hydrogen) atoms. The van der Waals surface area contributed by atoms with E-state index in [1.165, 1.54) is 17.0 Å². The Morgan fingerprint density at radius 3 is 2.50 bits per heavy atom. The summed E-state index contributed by atoms with van der Waals surface area (Å²) in [5.41, 5.74) is -0.249. The van der Waals surface area contributed by atoms with Gasteiger partial charge in [0.15, 0.2) is 6.61 Å². The smallest absolute Gasteiger partial charge is 0.416 e. The molecule has 2 aromatic carbocycles. The number of amides is 3. The van der Waals surface area contributed by atoms with Gasteiger partial charge in [0.25, 0.3) is 5.91 Å². The quantitative estimate of drug-likeness (QED) is 0.605. The van der Waals surface area contributed by atoms with Crippen molar-refractivity contribution in [3.8, 4) is 5.75 Å². The molecule has 10 heteroatoms. The molecule has 7 nitrogen and oxygen atoms in total. The molecule has 3 amide bonds. The highest BCUT2D eigenvalue weighted by Gasteiger charge is 2.35. The summed E-state index contributed by atoms with van der Waals surface area (Å²) in [6.07, 6.45) is -4.37. The van der Waals surface area contributed by atoms with Crippen molar-refractivity contribution in [3.63, 3.8) is 0 Å². The number of carbonyl (C=O) groups is 3. The lowest BCUT2D eigenvalue weighted by Crippen LogP contribution is -2.35. The number of alkyl halides is 3. The van der Waals surface area contributed by atoms with Crippen molar-refractivity contribution in [1.82, 2.24) is 5.32 Å². The van der Waals surface area contributed by atoms with Gasteiger partial charge in [0.2, 0.25) is 11.8 Å². The second kappa shape index (κ2) is 10.6. The van der Waals surface area contributed by atoms with Gasteiger partial charge < -0.3 is 20.3 Å². The third-order valence-corrected chi connectivity index (χ3v) is 5.17. The standard InChI is InChI=1S/C24H26F3N3O4/c1-15(2)12-28-23(33)16-10-22(32)30(13-16)19-6-8-20(9-7-19)34-14-21(31)29-18-5-3-4-17(11-18)24(25,26)27/h3-9,11,15-16H,10,12-14H2,1-2H3,(H,28,33)(H,29,31)/t16-/m0/s1. The van der Waals surface area contributed by atoms with Crippen molar-refractivity contribution in [2.75, 3.05) is 29.9 Å². The van der Waals surface area contributed by atoms with E-state index in [0.29, 0.717) is 23.9 Å². The normalized spacial score (nSPS) is 16.0. The van der Waals surface area contributed by atoms with Gasteiger partial charge in [-0.1, -0.05) is 19.9 Å². The molecular weight excluding hydrogens is 451 g/mol. The van der Waals surface area contributed by atoms with Crippen molar-refractivity contribution in [2.24, 2.45) is 11.8 Å². The van der Waals surface area contributed by atoms with Crippen LogP contribution in [0.15, 0.2) is 48.5 Å².